The van der Waals surface area contributed by atoms with Crippen LogP contribution in [-0.4, -0.2) is 40.1 Å². The number of carboxylic acids is 1. The van der Waals surface area contributed by atoms with E-state index in [-0.39, 0.29) is 34.2 Å². The van der Waals surface area contributed by atoms with Crippen molar-refractivity contribution in [3.05, 3.63) is 35.4 Å². The first-order valence-electron chi connectivity index (χ1n) is 3.34. The van der Waals surface area contributed by atoms with E-state index in [4.69, 9.17) is 5.11 Å². The van der Waals surface area contributed by atoms with Crippen LogP contribution < -0.4 is 0 Å². The highest BCUT2D eigenvalue weighted by Crippen LogP contribution is 2.07. The van der Waals surface area contributed by atoms with Gasteiger partial charge in [0.1, 0.15) is 0 Å². The van der Waals surface area contributed by atoms with E-state index in [2.05, 4.69) is 17.1 Å². The molecule has 1 aromatic rings. The molecule has 1 N–H and O–H groups in total. The lowest BCUT2D eigenvalue weighted by Crippen LogP contribution is -2.02. The van der Waals surface area contributed by atoms with Crippen molar-refractivity contribution >= 4 is 47.9 Å². The molecular formula is C8H8MgO4S. The summed E-state index contributed by atoms with van der Waals surface area (Å²) in [6, 6.07) is 5.52. The van der Waals surface area contributed by atoms with Crippen molar-refractivity contribution in [2.75, 3.05) is 0 Å². The summed E-state index contributed by atoms with van der Waals surface area (Å²) in [5.41, 5.74) is 0.200. The SMILES string of the molecule is O=C(O)c1cccc(C(=O)OS)c1.[MgH2]. The van der Waals surface area contributed by atoms with Crippen molar-refractivity contribution in [3.63, 3.8) is 0 Å². The van der Waals surface area contributed by atoms with E-state index in [1.807, 2.05) is 0 Å². The van der Waals surface area contributed by atoms with Gasteiger partial charge in [-0.2, -0.15) is 0 Å². The van der Waals surface area contributed by atoms with E-state index in [0.29, 0.717) is 0 Å². The molecule has 1 aromatic carbocycles. The van der Waals surface area contributed by atoms with E-state index < -0.39 is 11.9 Å². The number of rotatable bonds is 2. The standard InChI is InChI=1S/C8H6O4S.Mg.2H/c9-7(10)5-2-1-3-6(4-5)8(11)12-13;;;/h1-4,13H,(H,9,10);;;. The molecule has 0 aliphatic heterocycles. The lowest BCUT2D eigenvalue weighted by molar-refractivity contribution is 0.0697. The minimum atomic E-state index is -1.09. The molecule has 0 aliphatic rings. The fourth-order valence-electron chi connectivity index (χ4n) is 0.832. The molecule has 6 heteroatoms. The molecule has 1 rings (SSSR count). The van der Waals surface area contributed by atoms with Gasteiger partial charge in [0, 0.05) is 12.9 Å². The number of benzene rings is 1. The summed E-state index contributed by atoms with van der Waals surface area (Å²) in [7, 11) is 0. The summed E-state index contributed by atoms with van der Waals surface area (Å²) in [5, 5.41) is 8.59. The van der Waals surface area contributed by atoms with Crippen molar-refractivity contribution in [2.24, 2.45) is 0 Å². The summed E-state index contributed by atoms with van der Waals surface area (Å²) >= 11 is 3.32. The number of aromatic carboxylic acids is 1. The first kappa shape index (κ1) is 13.3. The Morgan fingerprint density at radius 3 is 2.36 bits per heavy atom. The van der Waals surface area contributed by atoms with Crippen molar-refractivity contribution in [1.29, 1.82) is 0 Å². The summed E-state index contributed by atoms with van der Waals surface area (Å²) in [6.07, 6.45) is 0. The highest BCUT2D eigenvalue weighted by Gasteiger charge is 2.08. The Morgan fingerprint density at radius 2 is 1.86 bits per heavy atom. The lowest BCUT2D eigenvalue weighted by atomic mass is 10.1. The van der Waals surface area contributed by atoms with E-state index in [9.17, 15) is 9.59 Å². The minimum Gasteiger partial charge on any atom is -0.478 e. The number of hydrogen-bond acceptors (Lipinski definition) is 4. The van der Waals surface area contributed by atoms with Gasteiger partial charge in [0.05, 0.1) is 11.1 Å². The quantitative estimate of drug-likeness (QED) is 0.435. The molecule has 0 unspecified atom stereocenters. The topological polar surface area (TPSA) is 63.6 Å². The highest BCUT2D eigenvalue weighted by atomic mass is 32.1. The van der Waals surface area contributed by atoms with Crippen LogP contribution in [0, 0.1) is 0 Å². The second-order valence-electron chi connectivity index (χ2n) is 2.26. The Labute approximate surface area is 102 Å². The van der Waals surface area contributed by atoms with Crippen LogP contribution in [0.15, 0.2) is 24.3 Å². The third-order valence-electron chi connectivity index (χ3n) is 1.43. The molecule has 0 saturated carbocycles. The molecule has 0 fully saturated rings. The smallest absolute Gasteiger partial charge is 0.349 e. The average Bonchev–Trinajstić information content (AvgIpc) is 2.17. The second-order valence-corrected chi connectivity index (χ2v) is 2.45. The third-order valence-corrected chi connectivity index (χ3v) is 1.59. The van der Waals surface area contributed by atoms with Gasteiger partial charge < -0.3 is 9.29 Å². The maximum Gasteiger partial charge on any atom is 0.349 e. The predicted molar refractivity (Wildman–Crippen MR) is 56.3 cm³/mol. The van der Waals surface area contributed by atoms with Crippen LogP contribution >= 0.6 is 12.9 Å². The molecule has 0 spiro atoms. The summed E-state index contributed by atoms with van der Waals surface area (Å²) in [5.74, 6) is -1.76. The molecule has 4 nitrogen and oxygen atoms in total. The van der Waals surface area contributed by atoms with Crippen LogP contribution in [0.5, 0.6) is 0 Å². The van der Waals surface area contributed by atoms with Gasteiger partial charge in [-0.15, -0.1) is 0 Å². The van der Waals surface area contributed by atoms with Gasteiger partial charge in [0.15, 0.2) is 0 Å². The fraction of sp³-hybridized carbons (Fsp3) is 0. The molecule has 0 bridgehead atoms. The third kappa shape index (κ3) is 3.20. The fourth-order valence-corrected chi connectivity index (χ4v) is 0.937. The van der Waals surface area contributed by atoms with Crippen LogP contribution in [-0.2, 0) is 4.18 Å². The summed E-state index contributed by atoms with van der Waals surface area (Å²) in [4.78, 5) is 21.4. The lowest BCUT2D eigenvalue weighted by Gasteiger charge is -1.98. The average molecular weight is 225 g/mol. The van der Waals surface area contributed by atoms with E-state index in [1.165, 1.54) is 24.3 Å². The Balaban J connectivity index is 0.00000169. The van der Waals surface area contributed by atoms with Gasteiger partial charge in [0.25, 0.3) is 0 Å². The first-order valence-corrected chi connectivity index (χ1v) is 3.71. The Kier molecular flexibility index (Phi) is 5.59. The predicted octanol–water partition coefficient (Wildman–Crippen LogP) is 0.470. The zero-order chi connectivity index (χ0) is 9.84. The molecular weight excluding hydrogens is 216 g/mol. The van der Waals surface area contributed by atoms with Crippen LogP contribution in [0.4, 0.5) is 0 Å². The summed E-state index contributed by atoms with van der Waals surface area (Å²) in [6.45, 7) is 0. The van der Waals surface area contributed by atoms with Crippen LogP contribution in [0.3, 0.4) is 0 Å². The van der Waals surface area contributed by atoms with Crippen molar-refractivity contribution < 1.29 is 18.9 Å². The Hall–Kier alpha value is -0.724. The molecule has 0 heterocycles. The van der Waals surface area contributed by atoms with Gasteiger partial charge in [-0.25, -0.2) is 9.59 Å². The van der Waals surface area contributed by atoms with Gasteiger partial charge in [-0.3, -0.25) is 0 Å². The Bertz CT molecular complexity index is 353. The van der Waals surface area contributed by atoms with E-state index in [0.717, 1.165) is 0 Å². The van der Waals surface area contributed by atoms with Crippen molar-refractivity contribution in [2.45, 2.75) is 0 Å². The number of carboxylic acid groups (broad SMARTS) is 1. The molecule has 0 saturated heterocycles. The Morgan fingerprint density at radius 1 is 1.29 bits per heavy atom. The molecule has 0 aromatic heterocycles. The maximum atomic E-state index is 10.9. The van der Waals surface area contributed by atoms with E-state index in [1.54, 1.807) is 0 Å². The normalized spacial score (nSPS) is 8.64. The molecule has 0 aliphatic carbocycles. The van der Waals surface area contributed by atoms with Gasteiger partial charge in [0.2, 0.25) is 0 Å². The van der Waals surface area contributed by atoms with Crippen LogP contribution in [0.1, 0.15) is 20.7 Å². The largest absolute Gasteiger partial charge is 0.478 e. The van der Waals surface area contributed by atoms with E-state index >= 15 is 0 Å². The molecule has 0 amide bonds. The molecule has 0 atom stereocenters. The second kappa shape index (κ2) is 5.89. The number of carbonyl (C=O) groups is 2. The number of hydrogen-bond donors (Lipinski definition) is 2. The van der Waals surface area contributed by atoms with Crippen molar-refractivity contribution in [3.8, 4) is 0 Å². The summed E-state index contributed by atoms with van der Waals surface area (Å²) < 4.78 is 4.13. The molecule has 14 heavy (non-hydrogen) atoms. The zero-order valence-corrected chi connectivity index (χ0v) is 7.32. The minimum absolute atomic E-state index is 0. The maximum absolute atomic E-state index is 10.9. The van der Waals surface area contributed by atoms with Gasteiger partial charge in [-0.05, 0) is 18.2 Å². The monoisotopic (exact) mass is 224 g/mol. The van der Waals surface area contributed by atoms with Crippen molar-refractivity contribution in [1.82, 2.24) is 0 Å². The first-order chi connectivity index (χ1) is 6.15. The van der Waals surface area contributed by atoms with Gasteiger partial charge in [-0.1, -0.05) is 6.07 Å². The highest BCUT2D eigenvalue weighted by molar-refractivity contribution is 7.75. The number of carbonyl (C=O) groups excluding carboxylic acids is 1. The zero-order valence-electron chi connectivity index (χ0n) is 6.43. The molecule has 0 radical (unpaired) electrons. The number of thiol groups is 1. The van der Waals surface area contributed by atoms with Gasteiger partial charge >= 0.3 is 35.0 Å². The van der Waals surface area contributed by atoms with Crippen LogP contribution in [0.2, 0.25) is 0 Å². The van der Waals surface area contributed by atoms with Crippen LogP contribution in [0.25, 0.3) is 0 Å². The molecule has 72 valence electrons.